The summed E-state index contributed by atoms with van der Waals surface area (Å²) in [5.41, 5.74) is -0.981. The molecule has 3 rings (SSSR count). The Morgan fingerprint density at radius 3 is 2.47 bits per heavy atom. The van der Waals surface area contributed by atoms with E-state index in [9.17, 15) is 29.8 Å². The van der Waals surface area contributed by atoms with E-state index < -0.39 is 30.9 Å². The Balaban J connectivity index is 1.95. The van der Waals surface area contributed by atoms with Gasteiger partial charge in [0, 0.05) is 24.3 Å². The molecule has 0 aliphatic rings. The van der Waals surface area contributed by atoms with Gasteiger partial charge in [0.25, 0.3) is 0 Å². The van der Waals surface area contributed by atoms with E-state index in [0.717, 1.165) is 12.1 Å². The van der Waals surface area contributed by atoms with Gasteiger partial charge in [-0.05, 0) is 31.5 Å². The maximum Gasteiger partial charge on any atom is 0.369 e. The van der Waals surface area contributed by atoms with Gasteiger partial charge in [-0.1, -0.05) is 6.92 Å². The first-order valence-electron chi connectivity index (χ1n) is 10.3. The van der Waals surface area contributed by atoms with Crippen LogP contribution in [0.15, 0.2) is 39.5 Å². The van der Waals surface area contributed by atoms with E-state index >= 15 is 0 Å². The van der Waals surface area contributed by atoms with Gasteiger partial charge in [-0.3, -0.25) is 13.9 Å². The quantitative estimate of drug-likeness (QED) is 0.170. The van der Waals surface area contributed by atoms with Gasteiger partial charge in [0.15, 0.2) is 30.4 Å². The molecule has 1 heterocycles. The summed E-state index contributed by atoms with van der Waals surface area (Å²) in [5.74, 6) is -2.50. The molecular weight excluding hydrogens is 471 g/mol. The molecule has 0 fully saturated rings. The fraction of sp³-hybridized carbons (Fsp3) is 0.318. The van der Waals surface area contributed by atoms with E-state index in [0.29, 0.717) is 13.0 Å². The van der Waals surface area contributed by atoms with Crippen LogP contribution in [0.2, 0.25) is 0 Å². The third-order valence-electron chi connectivity index (χ3n) is 4.56. The first-order valence-corrected chi connectivity index (χ1v) is 12.1. The summed E-state index contributed by atoms with van der Waals surface area (Å²) >= 11 is 0. The lowest BCUT2D eigenvalue weighted by atomic mass is 10.1. The van der Waals surface area contributed by atoms with E-state index in [-0.39, 0.29) is 52.9 Å². The minimum atomic E-state index is -3.74. The molecule has 12 heteroatoms. The lowest BCUT2D eigenvalue weighted by molar-refractivity contribution is 0.00851. The Morgan fingerprint density at radius 1 is 1.00 bits per heavy atom. The van der Waals surface area contributed by atoms with E-state index in [1.165, 1.54) is 18.2 Å². The maximum atomic E-state index is 12.9. The largest absolute Gasteiger partial charge is 0.508 e. The molecule has 0 saturated heterocycles. The monoisotopic (exact) mass is 496 g/mol. The maximum absolute atomic E-state index is 12.9. The fourth-order valence-electron chi connectivity index (χ4n) is 2.93. The molecule has 0 bridgehead atoms. The average Bonchev–Trinajstić information content (AvgIpc) is 2.79. The minimum absolute atomic E-state index is 0.117. The summed E-state index contributed by atoms with van der Waals surface area (Å²) in [6.45, 7) is 3.78. The summed E-state index contributed by atoms with van der Waals surface area (Å²) < 4.78 is 39.5. The molecule has 0 amide bonds. The molecule has 0 saturated carbocycles. The standard InChI is InChI=1S/C22H25O11P/c1-3-7-31-34(28,32-11-29-4-2)12-30-17-8-13(5-6-15(17)24)22-21(27)20(26)19-16(25)9-14(23)10-18(19)33-22/h5-6,8-10,23-25,27H,3-4,7,11-12H2,1-2H3. The van der Waals surface area contributed by atoms with Crippen LogP contribution in [0.4, 0.5) is 0 Å². The summed E-state index contributed by atoms with van der Waals surface area (Å²) in [6, 6.07) is 5.85. The predicted molar refractivity (Wildman–Crippen MR) is 122 cm³/mol. The highest BCUT2D eigenvalue weighted by Crippen LogP contribution is 2.49. The zero-order valence-corrected chi connectivity index (χ0v) is 19.4. The van der Waals surface area contributed by atoms with Gasteiger partial charge in [-0.2, -0.15) is 0 Å². The highest BCUT2D eigenvalue weighted by atomic mass is 31.2. The Hall–Kier alpha value is -3.24. The van der Waals surface area contributed by atoms with Crippen molar-refractivity contribution in [3.63, 3.8) is 0 Å². The molecule has 1 atom stereocenters. The van der Waals surface area contributed by atoms with Crippen molar-refractivity contribution < 1.29 is 47.9 Å². The molecule has 3 aromatic rings. The van der Waals surface area contributed by atoms with Gasteiger partial charge in [-0.25, -0.2) is 0 Å². The fourth-order valence-corrected chi connectivity index (χ4v) is 4.15. The lowest BCUT2D eigenvalue weighted by Gasteiger charge is -2.19. The number of phenols is 3. The highest BCUT2D eigenvalue weighted by molar-refractivity contribution is 7.53. The van der Waals surface area contributed by atoms with E-state index in [4.69, 9.17) is 22.9 Å². The summed E-state index contributed by atoms with van der Waals surface area (Å²) in [5, 5.41) is 39.9. The molecule has 0 aliphatic heterocycles. The Kier molecular flexibility index (Phi) is 8.06. The van der Waals surface area contributed by atoms with E-state index in [1.807, 2.05) is 6.92 Å². The van der Waals surface area contributed by atoms with Crippen LogP contribution < -0.4 is 10.2 Å². The smallest absolute Gasteiger partial charge is 0.369 e. The number of phenolic OH excluding ortho intramolecular Hbond substituents is 3. The van der Waals surface area contributed by atoms with Crippen LogP contribution in [0, 0.1) is 0 Å². The van der Waals surface area contributed by atoms with Gasteiger partial charge in [-0.15, -0.1) is 0 Å². The van der Waals surface area contributed by atoms with Crippen LogP contribution in [-0.2, 0) is 18.3 Å². The number of hydrogen-bond acceptors (Lipinski definition) is 11. The molecule has 1 aromatic heterocycles. The third-order valence-corrected chi connectivity index (χ3v) is 6.08. The number of rotatable bonds is 11. The number of fused-ring (bicyclic) bond motifs is 1. The van der Waals surface area contributed by atoms with Gasteiger partial charge in [0.2, 0.25) is 11.2 Å². The first-order chi connectivity index (χ1) is 16.2. The SMILES string of the molecule is CCCOP(=O)(COc1cc(-c2oc3cc(O)cc(O)c3c(=O)c2O)ccc1O)OCOCC. The molecule has 11 nitrogen and oxygen atoms in total. The van der Waals surface area contributed by atoms with Crippen LogP contribution in [0.1, 0.15) is 20.3 Å². The second kappa shape index (κ2) is 10.8. The summed E-state index contributed by atoms with van der Waals surface area (Å²) in [4.78, 5) is 12.6. The van der Waals surface area contributed by atoms with Gasteiger partial charge in [0.1, 0.15) is 22.5 Å². The topological polar surface area (TPSA) is 165 Å². The number of aromatic hydroxyl groups is 4. The number of benzene rings is 2. The Bertz CT molecular complexity index is 1270. The molecule has 2 aromatic carbocycles. The Morgan fingerprint density at radius 2 is 1.76 bits per heavy atom. The van der Waals surface area contributed by atoms with Crippen molar-refractivity contribution >= 4 is 18.6 Å². The second-order valence-corrected chi connectivity index (χ2v) is 9.08. The van der Waals surface area contributed by atoms with Crippen molar-refractivity contribution in [1.82, 2.24) is 0 Å². The molecule has 184 valence electrons. The zero-order valence-electron chi connectivity index (χ0n) is 18.5. The zero-order chi connectivity index (χ0) is 24.9. The van der Waals surface area contributed by atoms with Crippen molar-refractivity contribution in [2.75, 3.05) is 26.4 Å². The van der Waals surface area contributed by atoms with Crippen LogP contribution in [0.5, 0.6) is 28.7 Å². The number of hydrogen-bond donors (Lipinski definition) is 4. The molecule has 1 unspecified atom stereocenters. The van der Waals surface area contributed by atoms with Crippen molar-refractivity contribution in [1.29, 1.82) is 0 Å². The normalized spacial score (nSPS) is 13.1. The second-order valence-electron chi connectivity index (χ2n) is 7.09. The van der Waals surface area contributed by atoms with Crippen LogP contribution in [0.25, 0.3) is 22.3 Å². The molecule has 4 N–H and O–H groups in total. The average molecular weight is 496 g/mol. The third kappa shape index (κ3) is 5.63. The first kappa shape index (κ1) is 25.4. The predicted octanol–water partition coefficient (Wildman–Crippen LogP) is 4.25. The van der Waals surface area contributed by atoms with E-state index in [2.05, 4.69) is 0 Å². The van der Waals surface area contributed by atoms with Crippen LogP contribution in [0.3, 0.4) is 0 Å². The molecule has 0 aliphatic carbocycles. The van der Waals surface area contributed by atoms with Crippen molar-refractivity contribution in [2.45, 2.75) is 20.3 Å². The van der Waals surface area contributed by atoms with Gasteiger partial charge in [0.05, 0.1) is 6.61 Å². The van der Waals surface area contributed by atoms with Crippen LogP contribution in [-0.4, -0.2) is 46.8 Å². The van der Waals surface area contributed by atoms with Crippen molar-refractivity contribution in [2.24, 2.45) is 0 Å². The van der Waals surface area contributed by atoms with Gasteiger partial charge >= 0.3 is 7.60 Å². The minimum Gasteiger partial charge on any atom is -0.508 e. The van der Waals surface area contributed by atoms with Gasteiger partial charge < -0.3 is 38.8 Å². The molecule has 0 spiro atoms. The van der Waals surface area contributed by atoms with Crippen molar-refractivity contribution in [3.05, 3.63) is 40.6 Å². The van der Waals surface area contributed by atoms with Crippen molar-refractivity contribution in [3.8, 4) is 40.1 Å². The molecule has 0 radical (unpaired) electrons. The van der Waals surface area contributed by atoms with E-state index in [1.54, 1.807) is 6.92 Å². The molecule has 34 heavy (non-hydrogen) atoms. The summed E-state index contributed by atoms with van der Waals surface area (Å²) in [6.07, 6.45) is 0.0284. The highest BCUT2D eigenvalue weighted by Gasteiger charge is 2.27. The summed E-state index contributed by atoms with van der Waals surface area (Å²) in [7, 11) is -3.74. The Labute approximate surface area is 194 Å². The number of ether oxygens (including phenoxy) is 2. The molecular formula is C22H25O11P. The lowest BCUT2D eigenvalue weighted by Crippen LogP contribution is -2.09. The van der Waals surface area contributed by atoms with Crippen LogP contribution >= 0.6 is 7.60 Å².